The molecule has 2 aromatic rings. The number of allylic oxidation sites excluding steroid dienone is 2. The number of amides is 1. The molecule has 0 radical (unpaired) electrons. The Bertz CT molecular complexity index is 1490. The van der Waals surface area contributed by atoms with E-state index in [1.807, 2.05) is 33.8 Å². The molecule has 43 heavy (non-hydrogen) atoms. The Labute approximate surface area is 252 Å². The van der Waals surface area contributed by atoms with Gasteiger partial charge in [0.05, 0.1) is 0 Å². The quantitative estimate of drug-likeness (QED) is 0.175. The number of aromatic nitrogens is 2. The SMILES string of the molecule is C=CC1=C(O)N[C@H](Cc2[nH]c(Cc3[nH]c(/C=C4/NC(=O)[C@H](C)[C@H]4CC)c(C)c3CCC(=O)O)c(CCC(=O)O)c2C)C1C. The van der Waals surface area contributed by atoms with E-state index >= 15 is 0 Å². The highest BCUT2D eigenvalue weighted by Crippen LogP contribution is 2.34. The summed E-state index contributed by atoms with van der Waals surface area (Å²) in [6, 6.07) is -0.0573. The summed E-state index contributed by atoms with van der Waals surface area (Å²) in [5, 5.41) is 35.4. The van der Waals surface area contributed by atoms with Gasteiger partial charge < -0.3 is 35.9 Å². The predicted molar refractivity (Wildman–Crippen MR) is 164 cm³/mol. The van der Waals surface area contributed by atoms with Crippen LogP contribution >= 0.6 is 0 Å². The van der Waals surface area contributed by atoms with Crippen molar-refractivity contribution in [1.29, 1.82) is 0 Å². The number of nitrogens with one attached hydrogen (secondary N) is 4. The van der Waals surface area contributed by atoms with Crippen molar-refractivity contribution in [3.63, 3.8) is 0 Å². The Morgan fingerprint density at radius 1 is 0.930 bits per heavy atom. The van der Waals surface area contributed by atoms with Gasteiger partial charge in [0, 0.05) is 83.5 Å². The summed E-state index contributed by atoms with van der Waals surface area (Å²) in [7, 11) is 0. The molecule has 1 amide bonds. The van der Waals surface area contributed by atoms with E-state index in [1.165, 1.54) is 0 Å². The smallest absolute Gasteiger partial charge is 0.303 e. The lowest BCUT2D eigenvalue weighted by atomic mass is 9.92. The highest BCUT2D eigenvalue weighted by molar-refractivity contribution is 5.86. The fraction of sp³-hybridized carbons (Fsp3) is 0.485. The van der Waals surface area contributed by atoms with E-state index in [2.05, 4.69) is 34.1 Å². The fourth-order valence-electron chi connectivity index (χ4n) is 6.67. The Hall–Kier alpha value is -4.21. The Morgan fingerprint density at radius 3 is 2.09 bits per heavy atom. The third kappa shape index (κ3) is 6.58. The lowest BCUT2D eigenvalue weighted by Gasteiger charge is -2.17. The number of carboxylic acids is 2. The molecule has 0 saturated carbocycles. The summed E-state index contributed by atoms with van der Waals surface area (Å²) in [4.78, 5) is 42.6. The van der Waals surface area contributed by atoms with E-state index < -0.39 is 11.9 Å². The predicted octanol–water partition coefficient (Wildman–Crippen LogP) is 4.82. The van der Waals surface area contributed by atoms with E-state index in [-0.39, 0.29) is 48.4 Å². The average molecular weight is 593 g/mol. The van der Waals surface area contributed by atoms with Gasteiger partial charge in [-0.15, -0.1) is 0 Å². The number of carboxylic acid groups (broad SMARTS) is 2. The molecule has 1 fully saturated rings. The molecule has 0 aromatic carbocycles. The number of aliphatic carboxylic acids is 2. The standard InChI is InChI=1S/C33H44N4O6/c1-7-20-19(6)32(42)37-27(20)14-25-18(5)23(10-12-31(40)41)29(35-25)15-28-22(9-11-30(38)39)17(4)24(34-28)13-26-16(3)21(8-2)33(43)36-26/h8,14,16,19-20,26,34-36,43H,2,7,9-13,15H2,1,3-6H3,(H,37,42)(H,38,39)(H,40,41)/b27-14+/t16?,19-,20-,26-/m1/s1. The first kappa shape index (κ1) is 31.7. The highest BCUT2D eigenvalue weighted by Gasteiger charge is 2.34. The molecule has 7 N–H and O–H groups in total. The van der Waals surface area contributed by atoms with Crippen LogP contribution < -0.4 is 10.6 Å². The third-order valence-electron chi connectivity index (χ3n) is 9.37. The van der Waals surface area contributed by atoms with Gasteiger partial charge in [0.15, 0.2) is 5.88 Å². The molecule has 2 aromatic heterocycles. The van der Waals surface area contributed by atoms with Crippen molar-refractivity contribution in [3.8, 4) is 0 Å². The maximum Gasteiger partial charge on any atom is 0.303 e. The third-order valence-corrected chi connectivity index (χ3v) is 9.37. The number of hydrogen-bond donors (Lipinski definition) is 7. The zero-order chi connectivity index (χ0) is 31.6. The van der Waals surface area contributed by atoms with Crippen molar-refractivity contribution in [2.75, 3.05) is 0 Å². The summed E-state index contributed by atoms with van der Waals surface area (Å²) in [5.74, 6) is -1.63. The zero-order valence-corrected chi connectivity index (χ0v) is 25.7. The van der Waals surface area contributed by atoms with Crippen LogP contribution in [0.15, 0.2) is 29.8 Å². The number of H-pyrrole nitrogens is 2. The topological polar surface area (TPSA) is 168 Å². The van der Waals surface area contributed by atoms with Crippen molar-refractivity contribution < 1.29 is 29.7 Å². The molecule has 4 atom stereocenters. The van der Waals surface area contributed by atoms with Crippen LogP contribution in [0, 0.1) is 31.6 Å². The Kier molecular flexibility index (Phi) is 9.57. The van der Waals surface area contributed by atoms with Crippen LogP contribution in [0.25, 0.3) is 6.08 Å². The van der Waals surface area contributed by atoms with Crippen molar-refractivity contribution in [2.45, 2.75) is 85.6 Å². The van der Waals surface area contributed by atoms with Gasteiger partial charge in [-0.25, -0.2) is 0 Å². The van der Waals surface area contributed by atoms with Gasteiger partial charge in [0.25, 0.3) is 0 Å². The second kappa shape index (κ2) is 13.0. The zero-order valence-electron chi connectivity index (χ0n) is 25.7. The van der Waals surface area contributed by atoms with E-state index in [0.29, 0.717) is 25.7 Å². The number of carbonyl (C=O) groups excluding carboxylic acids is 1. The van der Waals surface area contributed by atoms with Crippen LogP contribution in [-0.4, -0.2) is 49.2 Å². The van der Waals surface area contributed by atoms with Gasteiger partial charge in [0.1, 0.15) is 0 Å². The highest BCUT2D eigenvalue weighted by atomic mass is 16.4. The minimum absolute atomic E-state index is 0.000830. The maximum absolute atomic E-state index is 12.4. The molecule has 10 nitrogen and oxygen atoms in total. The maximum atomic E-state index is 12.4. The first-order valence-electron chi connectivity index (χ1n) is 15.0. The number of carbonyl (C=O) groups is 3. The first-order chi connectivity index (χ1) is 20.4. The number of hydrogen-bond acceptors (Lipinski definition) is 5. The molecular formula is C33H44N4O6. The average Bonchev–Trinajstić information content (AvgIpc) is 3.59. The van der Waals surface area contributed by atoms with Gasteiger partial charge in [-0.2, -0.15) is 0 Å². The van der Waals surface area contributed by atoms with E-state index in [9.17, 15) is 29.7 Å². The monoisotopic (exact) mass is 592 g/mol. The van der Waals surface area contributed by atoms with Crippen molar-refractivity contribution >= 4 is 23.9 Å². The van der Waals surface area contributed by atoms with Gasteiger partial charge in [-0.3, -0.25) is 14.4 Å². The van der Waals surface area contributed by atoms with Crippen molar-refractivity contribution in [1.82, 2.24) is 20.6 Å². The lowest BCUT2D eigenvalue weighted by molar-refractivity contribution is -0.138. The molecule has 232 valence electrons. The summed E-state index contributed by atoms with van der Waals surface area (Å²) < 4.78 is 0. The molecule has 10 heteroatoms. The van der Waals surface area contributed by atoms with Crippen molar-refractivity contribution in [2.24, 2.45) is 17.8 Å². The van der Waals surface area contributed by atoms with Crippen LogP contribution in [0.4, 0.5) is 0 Å². The van der Waals surface area contributed by atoms with Crippen LogP contribution in [0.3, 0.4) is 0 Å². The van der Waals surface area contributed by atoms with Crippen LogP contribution in [0.5, 0.6) is 0 Å². The summed E-state index contributed by atoms with van der Waals surface area (Å²) in [6.07, 6.45) is 6.13. The molecule has 4 rings (SSSR count). The van der Waals surface area contributed by atoms with Gasteiger partial charge in [-0.05, 0) is 61.4 Å². The van der Waals surface area contributed by atoms with E-state index in [1.54, 1.807) is 6.08 Å². The molecule has 4 heterocycles. The van der Waals surface area contributed by atoms with Gasteiger partial charge >= 0.3 is 11.9 Å². The summed E-state index contributed by atoms with van der Waals surface area (Å²) in [5.41, 5.74) is 8.93. The van der Waals surface area contributed by atoms with Crippen LogP contribution in [0.1, 0.15) is 85.1 Å². The molecule has 1 saturated heterocycles. The van der Waals surface area contributed by atoms with Crippen LogP contribution in [0.2, 0.25) is 0 Å². The lowest BCUT2D eigenvalue weighted by Crippen LogP contribution is -2.30. The van der Waals surface area contributed by atoms with Gasteiger partial charge in [0.2, 0.25) is 5.91 Å². The molecule has 2 aliphatic heterocycles. The first-order valence-corrected chi connectivity index (χ1v) is 15.0. The Balaban J connectivity index is 1.72. The second-order valence-electron chi connectivity index (χ2n) is 11.9. The Morgan fingerprint density at radius 2 is 1.53 bits per heavy atom. The number of rotatable bonds is 13. The molecule has 1 unspecified atom stereocenters. The second-order valence-corrected chi connectivity index (χ2v) is 11.9. The van der Waals surface area contributed by atoms with Crippen LogP contribution in [-0.2, 0) is 40.1 Å². The number of aliphatic hydroxyl groups is 1. The number of aliphatic hydroxyl groups excluding tert-OH is 1. The molecule has 2 aliphatic rings. The van der Waals surface area contributed by atoms with Gasteiger partial charge in [-0.1, -0.05) is 33.4 Å². The normalized spacial score (nSPS) is 22.7. The van der Waals surface area contributed by atoms with Crippen molar-refractivity contribution in [3.05, 3.63) is 74.8 Å². The van der Waals surface area contributed by atoms with E-state index in [0.717, 1.165) is 62.7 Å². The summed E-state index contributed by atoms with van der Waals surface area (Å²) >= 11 is 0. The minimum atomic E-state index is -0.886. The summed E-state index contributed by atoms with van der Waals surface area (Å²) in [6.45, 7) is 13.8. The molecule has 0 spiro atoms. The fourth-order valence-corrected chi connectivity index (χ4v) is 6.67. The molecule has 0 aliphatic carbocycles. The minimum Gasteiger partial charge on any atom is -0.495 e. The molecule has 0 bridgehead atoms. The van der Waals surface area contributed by atoms with E-state index in [4.69, 9.17) is 0 Å². The number of aromatic amines is 2. The largest absolute Gasteiger partial charge is 0.495 e. The molecular weight excluding hydrogens is 548 g/mol.